The summed E-state index contributed by atoms with van der Waals surface area (Å²) < 4.78 is 38.0. The molecule has 1 aliphatic rings. The number of anilines is 1. The van der Waals surface area contributed by atoms with Crippen LogP contribution in [0, 0.1) is 12.8 Å². The lowest BCUT2D eigenvalue weighted by Crippen LogP contribution is -2.43. The first-order valence-electron chi connectivity index (χ1n) is 9.71. The molecule has 11 heteroatoms. The molecule has 3 aromatic rings. The first-order valence-corrected chi connectivity index (χ1v) is 12.0. The van der Waals surface area contributed by atoms with Crippen molar-refractivity contribution in [1.82, 2.24) is 14.4 Å². The molecule has 0 spiro atoms. The van der Waals surface area contributed by atoms with Gasteiger partial charge in [0.2, 0.25) is 17.6 Å². The number of ether oxygens (including phenoxy) is 1. The van der Waals surface area contributed by atoms with Gasteiger partial charge in [0.05, 0.1) is 13.0 Å². The van der Waals surface area contributed by atoms with Gasteiger partial charge in [0.1, 0.15) is 9.96 Å². The van der Waals surface area contributed by atoms with Crippen LogP contribution in [-0.2, 0) is 14.8 Å². The second kappa shape index (κ2) is 8.77. The fourth-order valence-corrected chi connectivity index (χ4v) is 6.24. The van der Waals surface area contributed by atoms with Crippen molar-refractivity contribution in [2.45, 2.75) is 24.0 Å². The van der Waals surface area contributed by atoms with E-state index < -0.39 is 15.9 Å². The minimum absolute atomic E-state index is 0.138. The molecule has 1 aliphatic heterocycles. The van der Waals surface area contributed by atoms with Crippen LogP contribution in [0.25, 0.3) is 11.4 Å². The molecule has 0 bridgehead atoms. The van der Waals surface area contributed by atoms with Crippen LogP contribution in [0.4, 0.5) is 5.69 Å². The number of benzene rings is 1. The zero-order valence-corrected chi connectivity index (χ0v) is 18.7. The molecule has 3 heterocycles. The van der Waals surface area contributed by atoms with Gasteiger partial charge in [0, 0.05) is 36.6 Å². The van der Waals surface area contributed by atoms with E-state index in [-0.39, 0.29) is 16.7 Å². The predicted octanol–water partition coefficient (Wildman–Crippen LogP) is 3.15. The Labute approximate surface area is 184 Å². The molecule has 0 radical (unpaired) electrons. The van der Waals surface area contributed by atoms with Crippen molar-refractivity contribution < 1.29 is 22.5 Å². The molecule has 1 fully saturated rings. The summed E-state index contributed by atoms with van der Waals surface area (Å²) in [5, 5.41) is 8.38. The Balaban J connectivity index is 1.45. The summed E-state index contributed by atoms with van der Waals surface area (Å²) in [4.78, 5) is 16.9. The first-order chi connectivity index (χ1) is 14.9. The van der Waals surface area contributed by atoms with Gasteiger partial charge in [-0.25, -0.2) is 8.42 Å². The highest BCUT2D eigenvalue weighted by Crippen LogP contribution is 2.31. The number of thiophene rings is 1. The molecular formula is C20H22N4O5S2. The van der Waals surface area contributed by atoms with E-state index >= 15 is 0 Å². The van der Waals surface area contributed by atoms with Crippen molar-refractivity contribution in [2.24, 2.45) is 5.92 Å². The molecule has 1 N–H and O–H groups in total. The Bertz CT molecular complexity index is 1170. The number of aromatic nitrogens is 2. The van der Waals surface area contributed by atoms with Gasteiger partial charge in [-0.1, -0.05) is 5.16 Å². The van der Waals surface area contributed by atoms with Crippen LogP contribution in [0.15, 0.2) is 44.4 Å². The van der Waals surface area contributed by atoms with Gasteiger partial charge in [-0.2, -0.15) is 9.29 Å². The van der Waals surface area contributed by atoms with Crippen LogP contribution in [0.1, 0.15) is 18.7 Å². The quantitative estimate of drug-likeness (QED) is 0.598. The Morgan fingerprint density at radius 3 is 2.77 bits per heavy atom. The molecule has 9 nitrogen and oxygen atoms in total. The largest absolute Gasteiger partial charge is 0.497 e. The maximum atomic E-state index is 13.2. The van der Waals surface area contributed by atoms with Gasteiger partial charge in [-0.15, -0.1) is 11.3 Å². The van der Waals surface area contributed by atoms with Crippen molar-refractivity contribution in [3.8, 4) is 17.1 Å². The molecule has 31 heavy (non-hydrogen) atoms. The molecule has 1 aromatic carbocycles. The third kappa shape index (κ3) is 4.63. The summed E-state index contributed by atoms with van der Waals surface area (Å²) in [6.45, 7) is 2.19. The van der Waals surface area contributed by atoms with E-state index in [9.17, 15) is 13.2 Å². The van der Waals surface area contributed by atoms with E-state index in [2.05, 4.69) is 15.5 Å². The molecule has 4 rings (SSSR count). The number of sulfonamides is 1. The van der Waals surface area contributed by atoms with Gasteiger partial charge in [-0.05, 0) is 43.2 Å². The summed E-state index contributed by atoms with van der Waals surface area (Å²) >= 11 is 1.11. The highest BCUT2D eigenvalue weighted by atomic mass is 32.2. The van der Waals surface area contributed by atoms with Crippen LogP contribution >= 0.6 is 11.3 Å². The van der Waals surface area contributed by atoms with Gasteiger partial charge in [0.15, 0.2) is 0 Å². The van der Waals surface area contributed by atoms with E-state index in [1.807, 2.05) is 0 Å². The number of hydrogen-bond donors (Lipinski definition) is 1. The Morgan fingerprint density at radius 2 is 2.10 bits per heavy atom. The normalized spacial score (nSPS) is 17.4. The van der Waals surface area contributed by atoms with Crippen molar-refractivity contribution >= 4 is 33.0 Å². The zero-order chi connectivity index (χ0) is 22.0. The van der Waals surface area contributed by atoms with Gasteiger partial charge >= 0.3 is 0 Å². The van der Waals surface area contributed by atoms with Crippen LogP contribution in [0.5, 0.6) is 5.75 Å². The van der Waals surface area contributed by atoms with Crippen molar-refractivity contribution in [2.75, 3.05) is 25.5 Å². The lowest BCUT2D eigenvalue weighted by molar-refractivity contribution is -0.120. The third-order valence-electron chi connectivity index (χ3n) is 5.07. The molecule has 164 valence electrons. The third-order valence-corrected chi connectivity index (χ3v) is 8.35. The predicted molar refractivity (Wildman–Crippen MR) is 115 cm³/mol. The van der Waals surface area contributed by atoms with E-state index in [1.54, 1.807) is 49.7 Å². The van der Waals surface area contributed by atoms with Gasteiger partial charge in [0.25, 0.3) is 10.0 Å². The lowest BCUT2D eigenvalue weighted by atomic mass is 9.99. The summed E-state index contributed by atoms with van der Waals surface area (Å²) in [5.74, 6) is 0.835. The number of methoxy groups -OCH3 is 1. The number of nitrogens with one attached hydrogen (secondary N) is 1. The molecule has 1 saturated heterocycles. The van der Waals surface area contributed by atoms with Crippen LogP contribution in [-0.4, -0.2) is 49.0 Å². The fourth-order valence-electron chi connectivity index (χ4n) is 3.41. The molecule has 0 saturated carbocycles. The van der Waals surface area contributed by atoms with Crippen molar-refractivity contribution in [1.29, 1.82) is 0 Å². The zero-order valence-electron chi connectivity index (χ0n) is 17.1. The number of aryl methyl sites for hydroxylation is 1. The number of carbonyl (C=O) groups excluding carboxylic acids is 1. The van der Waals surface area contributed by atoms with E-state index in [4.69, 9.17) is 9.26 Å². The second-order valence-corrected chi connectivity index (χ2v) is 10.3. The smallest absolute Gasteiger partial charge is 0.252 e. The number of rotatable bonds is 6. The highest BCUT2D eigenvalue weighted by molar-refractivity contribution is 7.91. The lowest BCUT2D eigenvalue weighted by Gasteiger charge is -2.30. The number of hydrogen-bond acceptors (Lipinski definition) is 8. The van der Waals surface area contributed by atoms with Crippen LogP contribution < -0.4 is 10.1 Å². The first kappa shape index (κ1) is 21.5. The van der Waals surface area contributed by atoms with Crippen LogP contribution in [0.2, 0.25) is 0 Å². The minimum Gasteiger partial charge on any atom is -0.497 e. The maximum Gasteiger partial charge on any atom is 0.252 e. The van der Waals surface area contributed by atoms with E-state index in [1.165, 1.54) is 4.31 Å². The molecule has 0 aliphatic carbocycles. The van der Waals surface area contributed by atoms with Crippen LogP contribution in [0.3, 0.4) is 0 Å². The standard InChI is InChI=1S/C20H22N4O5S2/c1-13-21-19(23-29-13)15-10-18(30-12-15)31(26,27)24-9-3-4-14(11-24)20(25)22-16-5-7-17(28-2)8-6-16/h5-8,10,12,14H,3-4,9,11H2,1-2H3,(H,22,25)/t14-/m1/s1. The Kier molecular flexibility index (Phi) is 6.08. The molecule has 2 aromatic heterocycles. The fraction of sp³-hybridized carbons (Fsp3) is 0.350. The number of amides is 1. The van der Waals surface area contributed by atoms with E-state index in [0.717, 1.165) is 11.3 Å². The average molecular weight is 463 g/mol. The summed E-state index contributed by atoms with van der Waals surface area (Å²) in [6.07, 6.45) is 1.24. The SMILES string of the molecule is COc1ccc(NC(=O)[C@@H]2CCCN(S(=O)(=O)c3cc(-c4noc(C)n4)cs3)C2)cc1. The summed E-state index contributed by atoms with van der Waals surface area (Å²) in [7, 11) is -2.15. The topological polar surface area (TPSA) is 115 Å². The molecule has 0 unspecified atom stereocenters. The maximum absolute atomic E-state index is 13.2. The minimum atomic E-state index is -3.72. The molecular weight excluding hydrogens is 440 g/mol. The van der Waals surface area contributed by atoms with Gasteiger partial charge < -0.3 is 14.6 Å². The van der Waals surface area contributed by atoms with Crippen molar-refractivity contribution in [3.05, 3.63) is 41.6 Å². The number of carbonyl (C=O) groups is 1. The molecule has 1 amide bonds. The number of nitrogens with zero attached hydrogens (tertiary/aromatic N) is 3. The van der Waals surface area contributed by atoms with Crippen molar-refractivity contribution in [3.63, 3.8) is 0 Å². The Hall–Kier alpha value is -2.76. The summed E-state index contributed by atoms with van der Waals surface area (Å²) in [5.41, 5.74) is 1.23. The highest BCUT2D eigenvalue weighted by Gasteiger charge is 2.34. The van der Waals surface area contributed by atoms with Gasteiger partial charge in [-0.3, -0.25) is 4.79 Å². The molecule has 1 atom stereocenters. The number of piperidine rings is 1. The van der Waals surface area contributed by atoms with E-state index in [0.29, 0.717) is 48.1 Å². The second-order valence-electron chi connectivity index (χ2n) is 7.21. The summed E-state index contributed by atoms with van der Waals surface area (Å²) in [6, 6.07) is 8.56. The monoisotopic (exact) mass is 462 g/mol. The Morgan fingerprint density at radius 1 is 1.32 bits per heavy atom. The average Bonchev–Trinajstić information content (AvgIpc) is 3.44.